The van der Waals surface area contributed by atoms with Gasteiger partial charge in [-0.25, -0.2) is 14.6 Å². The molecule has 192 valence electrons. The minimum atomic E-state index is -0.540. The highest BCUT2D eigenvalue weighted by Gasteiger charge is 2.43. The van der Waals surface area contributed by atoms with Crippen molar-refractivity contribution in [2.24, 2.45) is 5.92 Å². The lowest BCUT2D eigenvalue weighted by Gasteiger charge is -2.37. The minimum absolute atomic E-state index is 0.0531. The average molecular weight is 496 g/mol. The molecule has 0 radical (unpaired) electrons. The van der Waals surface area contributed by atoms with E-state index in [4.69, 9.17) is 19.9 Å². The lowest BCUT2D eigenvalue weighted by atomic mass is 9.92. The third-order valence-corrected chi connectivity index (χ3v) is 6.98. The van der Waals surface area contributed by atoms with Crippen LogP contribution in [0.2, 0.25) is 0 Å². The number of fused-ring (bicyclic) bond motifs is 4. The quantitative estimate of drug-likeness (QED) is 0.626. The number of nitrogens with two attached hydrogens (primary N) is 1. The Labute approximate surface area is 210 Å². The van der Waals surface area contributed by atoms with E-state index in [1.165, 1.54) is 7.11 Å². The highest BCUT2D eigenvalue weighted by Crippen LogP contribution is 2.41. The Balaban J connectivity index is 1.48. The van der Waals surface area contributed by atoms with E-state index < -0.39 is 11.6 Å². The van der Waals surface area contributed by atoms with Crippen LogP contribution in [0.5, 0.6) is 5.75 Å². The Morgan fingerprint density at radius 2 is 2.00 bits per heavy atom. The molecular weight excluding hydrogens is 462 g/mol. The number of hydrogen-bond donors (Lipinski definition) is 1. The molecule has 10 heteroatoms. The molecule has 3 aliphatic heterocycles. The summed E-state index contributed by atoms with van der Waals surface area (Å²) in [5.41, 5.74) is 8.50. The zero-order chi connectivity index (χ0) is 25.6. The maximum Gasteiger partial charge on any atom is 0.410 e. The van der Waals surface area contributed by atoms with Crippen molar-refractivity contribution in [3.8, 4) is 17.0 Å². The number of aromatic nitrogens is 2. The van der Waals surface area contributed by atoms with Crippen LogP contribution in [0.4, 0.5) is 16.6 Å². The van der Waals surface area contributed by atoms with Gasteiger partial charge in [-0.2, -0.15) is 4.98 Å². The molecule has 2 aromatic rings. The van der Waals surface area contributed by atoms with Crippen molar-refractivity contribution in [3.05, 3.63) is 29.3 Å². The number of nitrogen functional groups attached to an aromatic ring is 1. The number of nitrogens with zero attached hydrogens (tertiary/aromatic N) is 4. The lowest BCUT2D eigenvalue weighted by Crippen LogP contribution is -2.50. The highest BCUT2D eigenvalue weighted by atomic mass is 16.6. The molecule has 10 nitrogen and oxygen atoms in total. The van der Waals surface area contributed by atoms with Gasteiger partial charge in [0.2, 0.25) is 5.95 Å². The van der Waals surface area contributed by atoms with Gasteiger partial charge < -0.3 is 29.7 Å². The van der Waals surface area contributed by atoms with Gasteiger partial charge in [0.25, 0.3) is 0 Å². The monoisotopic (exact) mass is 495 g/mol. The minimum Gasteiger partial charge on any atom is -0.493 e. The number of methoxy groups -OCH3 is 1. The molecule has 2 fully saturated rings. The number of likely N-dealkylation sites (tertiary alicyclic amines) is 1. The summed E-state index contributed by atoms with van der Waals surface area (Å²) in [6.07, 6.45) is 2.33. The van der Waals surface area contributed by atoms with E-state index in [9.17, 15) is 9.59 Å². The van der Waals surface area contributed by atoms with Crippen LogP contribution in [-0.4, -0.2) is 71.9 Å². The summed E-state index contributed by atoms with van der Waals surface area (Å²) < 4.78 is 16.6. The SMILES string of the molecule is COC(=O)c1ccc2c(c1)OCCc1c-2nc(N)nc1N1CC2CCCN(C(=O)OC(C)(C)C)C2C1. The van der Waals surface area contributed by atoms with Crippen LogP contribution in [-0.2, 0) is 15.9 Å². The van der Waals surface area contributed by atoms with Crippen molar-refractivity contribution < 1.29 is 23.8 Å². The second-order valence-corrected chi connectivity index (χ2v) is 10.6. The number of piperidine rings is 1. The zero-order valence-electron chi connectivity index (χ0n) is 21.2. The van der Waals surface area contributed by atoms with Crippen LogP contribution < -0.4 is 15.4 Å². The molecule has 0 saturated carbocycles. The van der Waals surface area contributed by atoms with E-state index in [1.54, 1.807) is 12.1 Å². The highest BCUT2D eigenvalue weighted by molar-refractivity contribution is 5.91. The lowest BCUT2D eigenvalue weighted by molar-refractivity contribution is 0.00668. The summed E-state index contributed by atoms with van der Waals surface area (Å²) in [5, 5.41) is 0. The van der Waals surface area contributed by atoms with Gasteiger partial charge in [-0.15, -0.1) is 0 Å². The first-order valence-electron chi connectivity index (χ1n) is 12.4. The molecule has 4 heterocycles. The molecule has 1 aromatic heterocycles. The number of esters is 1. The van der Waals surface area contributed by atoms with Crippen molar-refractivity contribution in [3.63, 3.8) is 0 Å². The smallest absolute Gasteiger partial charge is 0.410 e. The molecule has 2 N–H and O–H groups in total. The van der Waals surface area contributed by atoms with Gasteiger partial charge >= 0.3 is 12.1 Å². The zero-order valence-corrected chi connectivity index (χ0v) is 21.2. The van der Waals surface area contributed by atoms with Crippen LogP contribution in [0, 0.1) is 5.92 Å². The largest absolute Gasteiger partial charge is 0.493 e. The fourth-order valence-corrected chi connectivity index (χ4v) is 5.45. The maximum absolute atomic E-state index is 13.0. The van der Waals surface area contributed by atoms with Crippen molar-refractivity contribution in [2.45, 2.75) is 51.7 Å². The van der Waals surface area contributed by atoms with Gasteiger partial charge in [-0.1, -0.05) is 0 Å². The Morgan fingerprint density at radius 1 is 1.19 bits per heavy atom. The van der Waals surface area contributed by atoms with Gasteiger partial charge in [0.1, 0.15) is 17.2 Å². The van der Waals surface area contributed by atoms with Crippen molar-refractivity contribution in [2.75, 3.05) is 44.0 Å². The van der Waals surface area contributed by atoms with E-state index in [1.807, 2.05) is 31.7 Å². The molecule has 5 rings (SSSR count). The number of hydrogen-bond acceptors (Lipinski definition) is 9. The predicted molar refractivity (Wildman–Crippen MR) is 134 cm³/mol. The van der Waals surface area contributed by atoms with Crippen LogP contribution in [0.25, 0.3) is 11.3 Å². The fourth-order valence-electron chi connectivity index (χ4n) is 5.45. The molecule has 2 unspecified atom stereocenters. The molecule has 0 bridgehead atoms. The molecule has 1 amide bonds. The first kappa shape index (κ1) is 24.1. The van der Waals surface area contributed by atoms with Crippen LogP contribution in [0.15, 0.2) is 18.2 Å². The third kappa shape index (κ3) is 4.52. The van der Waals surface area contributed by atoms with E-state index in [-0.39, 0.29) is 18.1 Å². The maximum atomic E-state index is 13.0. The van der Waals surface area contributed by atoms with E-state index in [0.717, 1.165) is 36.3 Å². The first-order chi connectivity index (χ1) is 17.1. The van der Waals surface area contributed by atoms with E-state index >= 15 is 0 Å². The number of rotatable bonds is 2. The molecule has 3 aliphatic rings. The topological polar surface area (TPSA) is 120 Å². The van der Waals surface area contributed by atoms with Crippen molar-refractivity contribution in [1.29, 1.82) is 0 Å². The molecule has 0 spiro atoms. The van der Waals surface area contributed by atoms with Crippen molar-refractivity contribution in [1.82, 2.24) is 14.9 Å². The molecular formula is C26H33N5O5. The number of amides is 1. The van der Waals surface area contributed by atoms with Gasteiger partial charge in [0.05, 0.1) is 31.0 Å². The summed E-state index contributed by atoms with van der Waals surface area (Å²) in [7, 11) is 1.35. The summed E-state index contributed by atoms with van der Waals surface area (Å²) in [6.45, 7) is 8.21. The van der Waals surface area contributed by atoms with E-state index in [2.05, 4.69) is 14.9 Å². The van der Waals surface area contributed by atoms with Crippen LogP contribution in [0.3, 0.4) is 0 Å². The summed E-state index contributed by atoms with van der Waals surface area (Å²) >= 11 is 0. The van der Waals surface area contributed by atoms with Crippen molar-refractivity contribution >= 4 is 23.8 Å². The number of benzene rings is 1. The fraction of sp³-hybridized carbons (Fsp3) is 0.538. The standard InChI is InChI=1S/C26H33N5O5/c1-26(2,3)36-25(33)31-10-5-6-16-13-30(14-19(16)31)22-18-9-11-35-20-12-15(23(32)34-4)7-8-17(20)21(18)28-24(27)29-22/h7-8,12,16,19H,5-6,9-11,13-14H2,1-4H3,(H2,27,28,29). The third-order valence-electron chi connectivity index (χ3n) is 6.98. The summed E-state index contributed by atoms with van der Waals surface area (Å²) in [6, 6.07) is 5.25. The molecule has 36 heavy (non-hydrogen) atoms. The molecule has 0 aliphatic carbocycles. The Hall–Kier alpha value is -3.56. The summed E-state index contributed by atoms with van der Waals surface area (Å²) in [5.74, 6) is 1.42. The van der Waals surface area contributed by atoms with Gasteiger partial charge in [-0.05, 0) is 57.7 Å². The van der Waals surface area contributed by atoms with E-state index in [0.29, 0.717) is 49.0 Å². The molecule has 2 saturated heterocycles. The van der Waals surface area contributed by atoms with Gasteiger partial charge in [0, 0.05) is 37.2 Å². The Kier molecular flexibility index (Phi) is 6.13. The van der Waals surface area contributed by atoms with Gasteiger partial charge in [0.15, 0.2) is 0 Å². The average Bonchev–Trinajstić information content (AvgIpc) is 3.18. The normalized spacial score (nSPS) is 21.0. The number of carbonyl (C=O) groups excluding carboxylic acids is 2. The first-order valence-corrected chi connectivity index (χ1v) is 12.4. The molecule has 1 aromatic carbocycles. The Bertz CT molecular complexity index is 1190. The second-order valence-electron chi connectivity index (χ2n) is 10.6. The molecule has 2 atom stereocenters. The number of anilines is 2. The number of ether oxygens (including phenoxy) is 3. The summed E-state index contributed by atoms with van der Waals surface area (Å²) in [4.78, 5) is 38.3. The Morgan fingerprint density at radius 3 is 2.75 bits per heavy atom. The van der Waals surface area contributed by atoms with Gasteiger partial charge in [-0.3, -0.25) is 0 Å². The predicted octanol–water partition coefficient (Wildman–Crippen LogP) is 3.28. The number of carbonyl (C=O) groups is 2. The second kappa shape index (κ2) is 9.15. The van der Waals surface area contributed by atoms with Crippen LogP contribution in [0.1, 0.15) is 49.5 Å². The van der Waals surface area contributed by atoms with Crippen LogP contribution >= 0.6 is 0 Å².